The lowest BCUT2D eigenvalue weighted by molar-refractivity contribution is -0.115. The molecule has 0 unspecified atom stereocenters. The van der Waals surface area contributed by atoms with Crippen LogP contribution >= 0.6 is 0 Å². The summed E-state index contributed by atoms with van der Waals surface area (Å²) in [5.74, 6) is 3.04. The fourth-order valence-electron chi connectivity index (χ4n) is 7.53. The first-order valence-corrected chi connectivity index (χ1v) is 11.8. The molecule has 2 fully saturated rings. The number of ether oxygens (including phenoxy) is 1. The van der Waals surface area contributed by atoms with Crippen LogP contribution in [-0.2, 0) is 9.53 Å². The van der Waals surface area contributed by atoms with Crippen LogP contribution in [-0.4, -0.2) is 29.2 Å². The molecule has 0 saturated heterocycles. The molecule has 2 saturated carbocycles. The predicted octanol–water partition coefficient (Wildman–Crippen LogP) is 5.48. The van der Waals surface area contributed by atoms with Gasteiger partial charge in [0.1, 0.15) is 0 Å². The van der Waals surface area contributed by atoms with Gasteiger partial charge in [-0.15, -0.1) is 0 Å². The lowest BCUT2D eigenvalue weighted by atomic mass is 9.48. The molecule has 1 N–H and O–H groups in total. The second-order valence-electron chi connectivity index (χ2n) is 11.5. The summed E-state index contributed by atoms with van der Waals surface area (Å²) in [7, 11) is 0. The van der Waals surface area contributed by atoms with Gasteiger partial charge in [-0.25, -0.2) is 0 Å². The SMILES string of the molecule is C[C@H](OCCC(C)(C)O)[C@H]1CC[C@H]2[C@@H]3CC=C4CC(=O)C=C[C@]4(C)[C@H]3CC[C@]12C. The minimum absolute atomic E-state index is 0.0884. The molecule has 0 spiro atoms. The average Bonchev–Trinajstić information content (AvgIpc) is 2.98. The number of carbonyl (C=O) groups is 1. The minimum Gasteiger partial charge on any atom is -0.390 e. The molecule has 0 aromatic carbocycles. The molecule has 0 bridgehead atoms. The van der Waals surface area contributed by atoms with Crippen LogP contribution in [0.2, 0.25) is 0 Å². The molecule has 162 valence electrons. The van der Waals surface area contributed by atoms with Gasteiger partial charge in [0.15, 0.2) is 5.78 Å². The van der Waals surface area contributed by atoms with Crippen LogP contribution in [0.5, 0.6) is 0 Å². The molecule has 29 heavy (non-hydrogen) atoms. The monoisotopic (exact) mass is 400 g/mol. The lowest BCUT2D eigenvalue weighted by Crippen LogP contribution is -2.50. The van der Waals surface area contributed by atoms with Crippen LogP contribution < -0.4 is 0 Å². The number of hydrogen-bond acceptors (Lipinski definition) is 3. The highest BCUT2D eigenvalue weighted by Gasteiger charge is 2.58. The Morgan fingerprint density at radius 3 is 2.72 bits per heavy atom. The van der Waals surface area contributed by atoms with Crippen LogP contribution in [0.3, 0.4) is 0 Å². The number of hydrogen-bond donors (Lipinski definition) is 1. The fraction of sp³-hybridized carbons (Fsp3) is 0.808. The third kappa shape index (κ3) is 3.67. The number of aliphatic hydroxyl groups is 1. The quantitative estimate of drug-likeness (QED) is 0.622. The van der Waals surface area contributed by atoms with E-state index in [2.05, 4.69) is 32.9 Å². The van der Waals surface area contributed by atoms with E-state index in [0.717, 1.165) is 18.3 Å². The molecular formula is C26H40O3. The number of fused-ring (bicyclic) bond motifs is 5. The molecule has 0 aromatic rings. The summed E-state index contributed by atoms with van der Waals surface area (Å²) in [4.78, 5) is 12.0. The Morgan fingerprint density at radius 1 is 1.24 bits per heavy atom. The van der Waals surface area contributed by atoms with Crippen molar-refractivity contribution in [2.45, 2.75) is 91.3 Å². The Balaban J connectivity index is 1.49. The molecule has 4 aliphatic carbocycles. The molecule has 0 radical (unpaired) electrons. The molecule has 0 amide bonds. The van der Waals surface area contributed by atoms with Crippen molar-refractivity contribution in [1.29, 1.82) is 0 Å². The van der Waals surface area contributed by atoms with Gasteiger partial charge in [-0.2, -0.15) is 0 Å². The molecule has 0 aliphatic heterocycles. The molecule has 7 atom stereocenters. The standard InChI is InChI=1S/C26H40O3/c1-17(29-15-14-24(2,3)28)21-8-9-22-20-7-6-18-16-19(27)10-12-25(18,4)23(20)11-13-26(21,22)5/h6,10,12,17,20-23,28H,7-9,11,13-16H2,1-5H3/t17-,20-,21+,22-,23-,25-,26+/m0/s1. The molecular weight excluding hydrogens is 360 g/mol. The molecule has 4 rings (SSSR count). The number of rotatable bonds is 5. The van der Waals surface area contributed by atoms with Crippen LogP contribution in [0.25, 0.3) is 0 Å². The maximum absolute atomic E-state index is 12.0. The van der Waals surface area contributed by atoms with E-state index in [4.69, 9.17) is 4.74 Å². The first kappa shape index (κ1) is 21.3. The fourth-order valence-corrected chi connectivity index (χ4v) is 7.53. The normalized spacial score (nSPS) is 42.7. The zero-order valence-corrected chi connectivity index (χ0v) is 19.0. The Kier molecular flexibility index (Phi) is 5.39. The van der Waals surface area contributed by atoms with Crippen LogP contribution in [0, 0.1) is 34.5 Å². The first-order chi connectivity index (χ1) is 13.5. The topological polar surface area (TPSA) is 46.5 Å². The van der Waals surface area contributed by atoms with Gasteiger partial charge in [0.05, 0.1) is 11.7 Å². The zero-order valence-electron chi connectivity index (χ0n) is 19.0. The van der Waals surface area contributed by atoms with Gasteiger partial charge in [-0.05, 0) is 94.5 Å². The number of allylic oxidation sites excluding steroid dienone is 4. The lowest BCUT2D eigenvalue weighted by Gasteiger charge is -2.56. The molecule has 3 nitrogen and oxygen atoms in total. The Morgan fingerprint density at radius 2 is 2.00 bits per heavy atom. The van der Waals surface area contributed by atoms with E-state index >= 15 is 0 Å². The largest absolute Gasteiger partial charge is 0.390 e. The predicted molar refractivity (Wildman–Crippen MR) is 116 cm³/mol. The van der Waals surface area contributed by atoms with Gasteiger partial charge in [0, 0.05) is 18.4 Å². The van der Waals surface area contributed by atoms with Gasteiger partial charge in [0.25, 0.3) is 0 Å². The van der Waals surface area contributed by atoms with Gasteiger partial charge < -0.3 is 9.84 Å². The van der Waals surface area contributed by atoms with E-state index in [-0.39, 0.29) is 17.3 Å². The summed E-state index contributed by atoms with van der Waals surface area (Å²) in [6, 6.07) is 0. The van der Waals surface area contributed by atoms with Crippen molar-refractivity contribution in [3.8, 4) is 0 Å². The van der Waals surface area contributed by atoms with Crippen molar-refractivity contribution in [3.05, 3.63) is 23.8 Å². The van der Waals surface area contributed by atoms with E-state index in [1.165, 1.54) is 31.3 Å². The van der Waals surface area contributed by atoms with E-state index < -0.39 is 5.60 Å². The van der Waals surface area contributed by atoms with E-state index in [1.807, 2.05) is 19.9 Å². The number of carbonyl (C=O) groups excluding carboxylic acids is 1. The molecule has 4 aliphatic rings. The molecule has 3 heteroatoms. The summed E-state index contributed by atoms with van der Waals surface area (Å²) in [5, 5.41) is 9.99. The van der Waals surface area contributed by atoms with Crippen LogP contribution in [0.4, 0.5) is 0 Å². The van der Waals surface area contributed by atoms with Crippen molar-refractivity contribution < 1.29 is 14.6 Å². The van der Waals surface area contributed by atoms with Crippen molar-refractivity contribution in [2.75, 3.05) is 6.61 Å². The minimum atomic E-state index is -0.656. The maximum atomic E-state index is 12.0. The smallest absolute Gasteiger partial charge is 0.159 e. The summed E-state index contributed by atoms with van der Waals surface area (Å²) < 4.78 is 6.25. The highest BCUT2D eigenvalue weighted by atomic mass is 16.5. The van der Waals surface area contributed by atoms with Crippen molar-refractivity contribution in [1.82, 2.24) is 0 Å². The highest BCUT2D eigenvalue weighted by molar-refractivity contribution is 5.93. The second-order valence-corrected chi connectivity index (χ2v) is 11.5. The van der Waals surface area contributed by atoms with Gasteiger partial charge >= 0.3 is 0 Å². The number of ketones is 1. The van der Waals surface area contributed by atoms with E-state index in [9.17, 15) is 9.90 Å². The van der Waals surface area contributed by atoms with Crippen molar-refractivity contribution >= 4 is 5.78 Å². The van der Waals surface area contributed by atoms with Crippen molar-refractivity contribution in [2.24, 2.45) is 34.5 Å². The maximum Gasteiger partial charge on any atom is 0.159 e. The van der Waals surface area contributed by atoms with Gasteiger partial charge in [0.2, 0.25) is 0 Å². The molecule has 0 heterocycles. The van der Waals surface area contributed by atoms with Crippen LogP contribution in [0.15, 0.2) is 23.8 Å². The third-order valence-electron chi connectivity index (χ3n) is 9.25. The van der Waals surface area contributed by atoms with E-state index in [1.54, 1.807) is 0 Å². The third-order valence-corrected chi connectivity index (χ3v) is 9.25. The summed E-state index contributed by atoms with van der Waals surface area (Å²) in [6.07, 6.45) is 14.3. The van der Waals surface area contributed by atoms with E-state index in [0.29, 0.717) is 36.7 Å². The van der Waals surface area contributed by atoms with Gasteiger partial charge in [-0.3, -0.25) is 4.79 Å². The first-order valence-electron chi connectivity index (χ1n) is 11.8. The summed E-state index contributed by atoms with van der Waals surface area (Å²) >= 11 is 0. The average molecular weight is 401 g/mol. The summed E-state index contributed by atoms with van der Waals surface area (Å²) in [6.45, 7) is 11.5. The zero-order chi connectivity index (χ0) is 21.0. The van der Waals surface area contributed by atoms with Crippen molar-refractivity contribution in [3.63, 3.8) is 0 Å². The molecule has 0 aromatic heterocycles. The second kappa shape index (κ2) is 7.34. The highest BCUT2D eigenvalue weighted by Crippen LogP contribution is 2.65. The Hall–Kier alpha value is -0.930. The Labute approximate surface area is 177 Å². The Bertz CT molecular complexity index is 714. The van der Waals surface area contributed by atoms with Gasteiger partial charge in [-0.1, -0.05) is 31.6 Å². The van der Waals surface area contributed by atoms with Crippen LogP contribution in [0.1, 0.15) is 79.6 Å². The summed E-state index contributed by atoms with van der Waals surface area (Å²) in [5.41, 5.74) is 1.17.